The van der Waals surface area contributed by atoms with Gasteiger partial charge in [0.15, 0.2) is 0 Å². The molecule has 7 nitrogen and oxygen atoms in total. The van der Waals surface area contributed by atoms with Crippen molar-refractivity contribution < 1.29 is 14.0 Å². The van der Waals surface area contributed by atoms with Crippen LogP contribution in [0.15, 0.2) is 36.4 Å². The third-order valence-electron chi connectivity index (χ3n) is 6.27. The highest BCUT2D eigenvalue weighted by atomic mass is 19.1. The number of nitrogens with one attached hydrogen (secondary N) is 1. The molecule has 1 saturated carbocycles. The molecule has 2 aromatic carbocycles. The van der Waals surface area contributed by atoms with Crippen LogP contribution in [0.5, 0.6) is 0 Å². The van der Waals surface area contributed by atoms with E-state index in [0.29, 0.717) is 16.7 Å². The Balaban J connectivity index is 1.58. The summed E-state index contributed by atoms with van der Waals surface area (Å²) in [5, 5.41) is 7.31. The fourth-order valence-electron chi connectivity index (χ4n) is 4.41. The van der Waals surface area contributed by atoms with Crippen molar-refractivity contribution in [2.75, 3.05) is 5.73 Å². The number of nitrogens with two attached hydrogens (primary N) is 2. The first-order valence-electron chi connectivity index (χ1n) is 11.1. The highest BCUT2D eigenvalue weighted by Gasteiger charge is 2.27. The minimum Gasteiger partial charge on any atom is -0.383 e. The highest BCUT2D eigenvalue weighted by Crippen LogP contribution is 2.35. The van der Waals surface area contributed by atoms with E-state index in [1.165, 1.54) is 6.07 Å². The van der Waals surface area contributed by atoms with Gasteiger partial charge in [-0.25, -0.2) is 9.07 Å². The van der Waals surface area contributed by atoms with Crippen molar-refractivity contribution in [3.8, 4) is 11.3 Å². The van der Waals surface area contributed by atoms with E-state index in [4.69, 9.17) is 11.5 Å². The van der Waals surface area contributed by atoms with Gasteiger partial charge in [-0.3, -0.25) is 9.59 Å². The Morgan fingerprint density at radius 3 is 2.55 bits per heavy atom. The lowest BCUT2D eigenvalue weighted by Crippen LogP contribution is -2.24. The van der Waals surface area contributed by atoms with E-state index in [0.717, 1.165) is 36.8 Å². The van der Waals surface area contributed by atoms with E-state index < -0.39 is 11.7 Å². The van der Waals surface area contributed by atoms with E-state index in [2.05, 4.69) is 10.4 Å². The number of benzene rings is 2. The van der Waals surface area contributed by atoms with E-state index in [-0.39, 0.29) is 35.6 Å². The van der Waals surface area contributed by atoms with Crippen molar-refractivity contribution in [1.29, 1.82) is 0 Å². The Labute approximate surface area is 192 Å². The summed E-state index contributed by atoms with van der Waals surface area (Å²) in [6.45, 7) is 3.80. The number of anilines is 1. The normalized spacial score (nSPS) is 13.9. The molecular formula is C25H28FN5O2. The summed E-state index contributed by atoms with van der Waals surface area (Å²) in [6.07, 6.45) is 4.00. The van der Waals surface area contributed by atoms with Crippen LogP contribution < -0.4 is 16.8 Å². The number of primary amides is 1. The Bertz CT molecular complexity index is 1230. The zero-order valence-corrected chi connectivity index (χ0v) is 18.8. The predicted octanol–water partition coefficient (Wildman–Crippen LogP) is 4.03. The van der Waals surface area contributed by atoms with Gasteiger partial charge in [0.25, 0.3) is 11.8 Å². The van der Waals surface area contributed by atoms with Gasteiger partial charge in [0, 0.05) is 23.2 Å². The minimum absolute atomic E-state index is 0.0274. The average Bonchev–Trinajstić information content (AvgIpc) is 3.42. The minimum atomic E-state index is -0.697. The quantitative estimate of drug-likeness (QED) is 0.527. The van der Waals surface area contributed by atoms with E-state index in [1.54, 1.807) is 22.9 Å². The first kappa shape index (κ1) is 22.5. The van der Waals surface area contributed by atoms with Crippen molar-refractivity contribution >= 4 is 17.6 Å². The number of hydrogen-bond acceptors (Lipinski definition) is 4. The van der Waals surface area contributed by atoms with Crippen molar-refractivity contribution in [2.45, 2.75) is 52.1 Å². The van der Waals surface area contributed by atoms with Gasteiger partial charge in [-0.1, -0.05) is 42.7 Å². The molecule has 0 unspecified atom stereocenters. The molecule has 0 aliphatic heterocycles. The molecule has 1 aliphatic carbocycles. The number of nitrogens with zero attached hydrogens (tertiary/aromatic N) is 2. The van der Waals surface area contributed by atoms with Gasteiger partial charge in [-0.15, -0.1) is 0 Å². The molecule has 8 heteroatoms. The van der Waals surface area contributed by atoms with Crippen LogP contribution in [-0.4, -0.2) is 21.6 Å². The molecule has 1 aromatic heterocycles. The molecule has 5 N–H and O–H groups in total. The fourth-order valence-corrected chi connectivity index (χ4v) is 4.41. The Morgan fingerprint density at radius 1 is 1.15 bits per heavy atom. The summed E-state index contributed by atoms with van der Waals surface area (Å²) in [5.41, 5.74) is 15.3. The van der Waals surface area contributed by atoms with Gasteiger partial charge in [-0.05, 0) is 44.4 Å². The van der Waals surface area contributed by atoms with Crippen LogP contribution in [0.25, 0.3) is 11.3 Å². The topological polar surface area (TPSA) is 116 Å². The van der Waals surface area contributed by atoms with Crippen LogP contribution in [0.4, 0.5) is 10.2 Å². The van der Waals surface area contributed by atoms with Crippen LogP contribution in [0.3, 0.4) is 0 Å². The number of rotatable bonds is 6. The Hall–Kier alpha value is -3.68. The van der Waals surface area contributed by atoms with Gasteiger partial charge < -0.3 is 16.8 Å². The Morgan fingerprint density at radius 2 is 1.88 bits per heavy atom. The molecule has 2 amide bonds. The SMILES string of the molecule is Cc1ccc(C)c(C(=O)NCc2ccc(-c3nn(C4CCCC4)c(N)c3C(N)=O)cc2F)c1. The average molecular weight is 450 g/mol. The zero-order valence-electron chi connectivity index (χ0n) is 18.8. The lowest BCUT2D eigenvalue weighted by Gasteiger charge is -2.11. The molecule has 172 valence electrons. The first-order valence-corrected chi connectivity index (χ1v) is 11.1. The maximum atomic E-state index is 14.9. The van der Waals surface area contributed by atoms with Gasteiger partial charge in [0.05, 0.1) is 6.04 Å². The summed E-state index contributed by atoms with van der Waals surface area (Å²) in [7, 11) is 0. The monoisotopic (exact) mass is 449 g/mol. The molecule has 0 saturated heterocycles. The number of aromatic nitrogens is 2. The maximum Gasteiger partial charge on any atom is 0.254 e. The number of amides is 2. The molecule has 0 bridgehead atoms. The molecule has 1 aliphatic rings. The van der Waals surface area contributed by atoms with E-state index in [9.17, 15) is 14.0 Å². The predicted molar refractivity (Wildman–Crippen MR) is 125 cm³/mol. The number of nitrogen functional groups attached to an aromatic ring is 1. The molecular weight excluding hydrogens is 421 g/mol. The second-order valence-electron chi connectivity index (χ2n) is 8.66. The van der Waals surface area contributed by atoms with Gasteiger partial charge in [0.2, 0.25) is 0 Å². The molecule has 0 radical (unpaired) electrons. The van der Waals surface area contributed by atoms with Gasteiger partial charge in [0.1, 0.15) is 22.9 Å². The number of halogens is 1. The summed E-state index contributed by atoms with van der Waals surface area (Å²) in [4.78, 5) is 24.7. The van der Waals surface area contributed by atoms with Gasteiger partial charge in [-0.2, -0.15) is 5.10 Å². The maximum absolute atomic E-state index is 14.9. The van der Waals surface area contributed by atoms with E-state index >= 15 is 0 Å². The zero-order chi connectivity index (χ0) is 23.7. The number of aryl methyl sites for hydroxylation is 2. The van der Waals surface area contributed by atoms with Crippen molar-refractivity contribution in [3.63, 3.8) is 0 Å². The van der Waals surface area contributed by atoms with Crippen molar-refractivity contribution in [3.05, 3.63) is 70.0 Å². The van der Waals surface area contributed by atoms with Crippen LogP contribution in [0.1, 0.15) is 69.1 Å². The lowest BCUT2D eigenvalue weighted by molar-refractivity contribution is 0.0948. The number of carbonyl (C=O) groups excluding carboxylic acids is 2. The Kier molecular flexibility index (Phi) is 6.18. The smallest absolute Gasteiger partial charge is 0.254 e. The third kappa shape index (κ3) is 4.46. The molecule has 1 fully saturated rings. The standard InChI is InChI=1S/C25H28FN5O2/c1-14-7-8-15(2)19(11-14)25(33)29-13-17-10-9-16(12-20(17)26)22-21(24(28)32)23(27)31(30-22)18-5-3-4-6-18/h7-12,18H,3-6,13,27H2,1-2H3,(H2,28,32)(H,29,33). The summed E-state index contributed by atoms with van der Waals surface area (Å²) < 4.78 is 16.6. The second-order valence-corrected chi connectivity index (χ2v) is 8.66. The van der Waals surface area contributed by atoms with Crippen LogP contribution in [0, 0.1) is 19.7 Å². The molecule has 3 aromatic rings. The van der Waals surface area contributed by atoms with Crippen molar-refractivity contribution in [1.82, 2.24) is 15.1 Å². The first-order chi connectivity index (χ1) is 15.8. The summed E-state index contributed by atoms with van der Waals surface area (Å²) in [5.74, 6) is -1.26. The van der Waals surface area contributed by atoms with Crippen LogP contribution >= 0.6 is 0 Å². The highest BCUT2D eigenvalue weighted by molar-refractivity contribution is 6.03. The molecule has 1 heterocycles. The molecule has 4 rings (SSSR count). The molecule has 0 atom stereocenters. The number of carbonyl (C=O) groups is 2. The van der Waals surface area contributed by atoms with E-state index in [1.807, 2.05) is 26.0 Å². The van der Waals surface area contributed by atoms with Crippen LogP contribution in [0.2, 0.25) is 0 Å². The third-order valence-corrected chi connectivity index (χ3v) is 6.27. The summed E-state index contributed by atoms with van der Waals surface area (Å²) >= 11 is 0. The van der Waals surface area contributed by atoms with Gasteiger partial charge >= 0.3 is 0 Å². The van der Waals surface area contributed by atoms with Crippen LogP contribution in [-0.2, 0) is 6.54 Å². The van der Waals surface area contributed by atoms with Crippen molar-refractivity contribution in [2.24, 2.45) is 5.73 Å². The summed E-state index contributed by atoms with van der Waals surface area (Å²) in [6, 6.07) is 10.3. The fraction of sp³-hybridized carbons (Fsp3) is 0.320. The second kappa shape index (κ2) is 9.05. The lowest BCUT2D eigenvalue weighted by atomic mass is 10.0. The largest absolute Gasteiger partial charge is 0.383 e. The number of hydrogen-bond donors (Lipinski definition) is 3. The molecule has 0 spiro atoms. The molecule has 33 heavy (non-hydrogen) atoms.